The summed E-state index contributed by atoms with van der Waals surface area (Å²) in [5.74, 6) is -6.36. The third kappa shape index (κ3) is 8.77. The second-order valence-corrected chi connectivity index (χ2v) is 9.24. The maximum Gasteiger partial charge on any atom is 0.303 e. The normalized spacial score (nSPS) is 25.0. The van der Waals surface area contributed by atoms with Gasteiger partial charge in [0, 0.05) is 22.8 Å². The van der Waals surface area contributed by atoms with Crippen LogP contribution < -0.4 is 0 Å². The molecule has 0 unspecified atom stereocenters. The van der Waals surface area contributed by atoms with Crippen molar-refractivity contribution in [2.45, 2.75) is 44.8 Å². The van der Waals surface area contributed by atoms with Crippen LogP contribution in [0, 0.1) is 21.3 Å². The fraction of sp³-hybridized carbons (Fsp3) is 0.478. The van der Waals surface area contributed by atoms with E-state index in [-0.39, 0.29) is 19.4 Å². The van der Waals surface area contributed by atoms with E-state index in [2.05, 4.69) is 22.6 Å². The Morgan fingerprint density at radius 3 is 1.94 bits per heavy atom. The van der Waals surface area contributed by atoms with Crippen LogP contribution in [0.2, 0.25) is 0 Å². The first-order valence-electron chi connectivity index (χ1n) is 10.4. The predicted molar refractivity (Wildman–Crippen MR) is 125 cm³/mol. The SMILES string of the molecule is CC(=O)OC[C@@H]1O[C@H](CC=Cc2ccc(I)cc2)[C@H](CC(=O)O)[C@@H](CC(=O)O)[C@H]1CC(=O)O. The van der Waals surface area contributed by atoms with E-state index in [0.717, 1.165) is 9.13 Å². The van der Waals surface area contributed by atoms with E-state index < -0.39 is 66.7 Å². The Morgan fingerprint density at radius 2 is 1.42 bits per heavy atom. The molecular weight excluding hydrogens is 547 g/mol. The summed E-state index contributed by atoms with van der Waals surface area (Å²) < 4.78 is 12.2. The lowest BCUT2D eigenvalue weighted by Crippen LogP contribution is -2.51. The fourth-order valence-corrected chi connectivity index (χ4v) is 4.63. The monoisotopic (exact) mass is 574 g/mol. The molecule has 2 rings (SSSR count). The first-order chi connectivity index (χ1) is 15.6. The van der Waals surface area contributed by atoms with Crippen molar-refractivity contribution in [3.63, 3.8) is 0 Å². The minimum absolute atomic E-state index is 0.236. The Kier molecular flexibility index (Phi) is 10.3. The molecule has 0 amide bonds. The first-order valence-corrected chi connectivity index (χ1v) is 11.5. The van der Waals surface area contributed by atoms with E-state index in [4.69, 9.17) is 9.47 Å². The average molecular weight is 574 g/mol. The van der Waals surface area contributed by atoms with Gasteiger partial charge >= 0.3 is 23.9 Å². The highest BCUT2D eigenvalue weighted by Gasteiger charge is 2.47. The molecule has 3 N–H and O–H groups in total. The van der Waals surface area contributed by atoms with Gasteiger partial charge in [-0.2, -0.15) is 0 Å². The molecule has 10 heteroatoms. The average Bonchev–Trinajstić information content (AvgIpc) is 2.71. The number of hydrogen-bond donors (Lipinski definition) is 3. The van der Waals surface area contributed by atoms with Crippen molar-refractivity contribution in [3.8, 4) is 0 Å². The number of carbonyl (C=O) groups excluding carboxylic acids is 1. The number of benzene rings is 1. The zero-order valence-corrected chi connectivity index (χ0v) is 20.2. The van der Waals surface area contributed by atoms with Crippen LogP contribution in [-0.4, -0.2) is 58.0 Å². The lowest BCUT2D eigenvalue weighted by Gasteiger charge is -2.46. The number of hydrogen-bond acceptors (Lipinski definition) is 6. The number of ether oxygens (including phenoxy) is 2. The number of carboxylic acids is 3. The molecule has 1 aromatic rings. The van der Waals surface area contributed by atoms with Crippen molar-refractivity contribution >= 4 is 52.5 Å². The third-order valence-electron chi connectivity index (χ3n) is 5.64. The van der Waals surface area contributed by atoms with Crippen LogP contribution in [0.4, 0.5) is 0 Å². The number of halogens is 1. The summed E-state index contributed by atoms with van der Waals surface area (Å²) in [6.07, 6.45) is 1.21. The van der Waals surface area contributed by atoms with E-state index in [1.54, 1.807) is 0 Å². The molecule has 0 radical (unpaired) electrons. The molecule has 0 bridgehead atoms. The molecule has 1 saturated heterocycles. The van der Waals surface area contributed by atoms with E-state index in [1.165, 1.54) is 6.92 Å². The van der Waals surface area contributed by atoms with Gasteiger partial charge in [-0.3, -0.25) is 19.2 Å². The quantitative estimate of drug-likeness (QED) is 0.268. The molecule has 0 aliphatic carbocycles. The van der Waals surface area contributed by atoms with Gasteiger partial charge in [-0.1, -0.05) is 24.3 Å². The first kappa shape index (κ1) is 26.8. The maximum absolute atomic E-state index is 11.6. The topological polar surface area (TPSA) is 147 Å². The highest BCUT2D eigenvalue weighted by Crippen LogP contribution is 2.42. The predicted octanol–water partition coefficient (Wildman–Crippen LogP) is 3.30. The number of rotatable bonds is 11. The van der Waals surface area contributed by atoms with E-state index in [1.807, 2.05) is 36.4 Å². The minimum Gasteiger partial charge on any atom is -0.481 e. The van der Waals surface area contributed by atoms with Crippen LogP contribution in [0.3, 0.4) is 0 Å². The number of carboxylic acid groups (broad SMARTS) is 3. The van der Waals surface area contributed by atoms with E-state index in [9.17, 15) is 34.5 Å². The maximum atomic E-state index is 11.6. The third-order valence-corrected chi connectivity index (χ3v) is 6.35. The smallest absolute Gasteiger partial charge is 0.303 e. The van der Waals surface area contributed by atoms with Crippen molar-refractivity contribution in [1.82, 2.24) is 0 Å². The molecule has 1 aliphatic rings. The van der Waals surface area contributed by atoms with Crippen molar-refractivity contribution in [1.29, 1.82) is 0 Å². The molecule has 1 heterocycles. The van der Waals surface area contributed by atoms with Crippen LogP contribution in [0.15, 0.2) is 30.3 Å². The standard InChI is InChI=1S/C23H27IO9/c1-13(25)32-12-20-18(11-23(30)31)16(9-21(26)27)17(10-22(28)29)19(33-20)4-2-3-14-5-7-15(24)8-6-14/h2-3,5-8,16-20H,4,9-12H2,1H3,(H,26,27)(H,28,29)(H,30,31)/t16-,17-,18-,19-,20+/m1/s1. The number of carbonyl (C=O) groups is 4. The fourth-order valence-electron chi connectivity index (χ4n) is 4.27. The molecule has 1 aromatic carbocycles. The highest BCUT2D eigenvalue weighted by atomic mass is 127. The van der Waals surface area contributed by atoms with E-state index in [0.29, 0.717) is 0 Å². The molecule has 1 aliphatic heterocycles. The molecule has 33 heavy (non-hydrogen) atoms. The zero-order valence-electron chi connectivity index (χ0n) is 18.1. The zero-order chi connectivity index (χ0) is 24.5. The van der Waals surface area contributed by atoms with Gasteiger partial charge in [0.25, 0.3) is 0 Å². The van der Waals surface area contributed by atoms with Crippen LogP contribution in [0.5, 0.6) is 0 Å². The lowest BCUT2D eigenvalue weighted by atomic mass is 9.69. The van der Waals surface area contributed by atoms with Crippen molar-refractivity contribution in [2.24, 2.45) is 17.8 Å². The Balaban J connectivity index is 2.35. The van der Waals surface area contributed by atoms with E-state index >= 15 is 0 Å². The largest absolute Gasteiger partial charge is 0.481 e. The Labute approximate surface area is 204 Å². The van der Waals surface area contributed by atoms with Gasteiger partial charge in [-0.25, -0.2) is 0 Å². The van der Waals surface area contributed by atoms with Crippen LogP contribution >= 0.6 is 22.6 Å². The summed E-state index contributed by atoms with van der Waals surface area (Å²) in [4.78, 5) is 46.0. The molecule has 0 spiro atoms. The Bertz CT molecular complexity index is 880. The summed E-state index contributed by atoms with van der Waals surface area (Å²) in [7, 11) is 0. The minimum atomic E-state index is -1.17. The van der Waals surface area contributed by atoms with Gasteiger partial charge in [0.1, 0.15) is 6.61 Å². The van der Waals surface area contributed by atoms with Crippen LogP contribution in [0.25, 0.3) is 6.08 Å². The van der Waals surface area contributed by atoms with Gasteiger partial charge in [0.05, 0.1) is 25.0 Å². The lowest BCUT2D eigenvalue weighted by molar-refractivity contribution is -0.186. The summed E-state index contributed by atoms with van der Waals surface area (Å²) >= 11 is 2.19. The summed E-state index contributed by atoms with van der Waals surface area (Å²) in [6.45, 7) is 0.971. The van der Waals surface area contributed by atoms with Gasteiger partial charge in [0.15, 0.2) is 0 Å². The summed E-state index contributed by atoms with van der Waals surface area (Å²) in [6, 6.07) is 7.74. The molecule has 1 fully saturated rings. The number of aliphatic carboxylic acids is 3. The van der Waals surface area contributed by atoms with Crippen LogP contribution in [0.1, 0.15) is 38.2 Å². The summed E-state index contributed by atoms with van der Waals surface area (Å²) in [5.41, 5.74) is 0.934. The van der Waals surface area contributed by atoms with Gasteiger partial charge < -0.3 is 24.8 Å². The molecule has 5 atom stereocenters. The molecule has 9 nitrogen and oxygen atoms in total. The van der Waals surface area contributed by atoms with Crippen molar-refractivity contribution in [3.05, 3.63) is 39.5 Å². The summed E-state index contributed by atoms with van der Waals surface area (Å²) in [5, 5.41) is 28.3. The van der Waals surface area contributed by atoms with Gasteiger partial charge in [-0.05, 0) is 58.5 Å². The molecular formula is C23H27IO9. The molecule has 0 aromatic heterocycles. The Hall–Kier alpha value is -2.47. The van der Waals surface area contributed by atoms with Gasteiger partial charge in [-0.15, -0.1) is 0 Å². The van der Waals surface area contributed by atoms with Crippen molar-refractivity contribution in [2.75, 3.05) is 6.61 Å². The van der Waals surface area contributed by atoms with Gasteiger partial charge in [0.2, 0.25) is 0 Å². The van der Waals surface area contributed by atoms with Crippen molar-refractivity contribution < 1.29 is 44.0 Å². The highest BCUT2D eigenvalue weighted by molar-refractivity contribution is 14.1. The second kappa shape index (κ2) is 12.7. The number of esters is 1. The second-order valence-electron chi connectivity index (χ2n) is 7.99. The molecule has 0 saturated carbocycles. The molecule has 180 valence electrons. The Morgan fingerprint density at radius 1 is 0.909 bits per heavy atom. The van der Waals surface area contributed by atoms with Crippen LogP contribution in [-0.2, 0) is 28.7 Å².